The van der Waals surface area contributed by atoms with Crippen molar-refractivity contribution < 1.29 is 9.18 Å². The number of amides is 1. The van der Waals surface area contributed by atoms with E-state index in [0.29, 0.717) is 6.54 Å². The third-order valence-electron chi connectivity index (χ3n) is 7.57. The van der Waals surface area contributed by atoms with E-state index < -0.39 is 0 Å². The number of carbonyl (C=O) groups is 1. The molecule has 1 saturated carbocycles. The van der Waals surface area contributed by atoms with Crippen molar-refractivity contribution in [2.75, 3.05) is 39.3 Å². The van der Waals surface area contributed by atoms with E-state index in [2.05, 4.69) is 32.9 Å². The third-order valence-corrected chi connectivity index (χ3v) is 7.57. The molecule has 2 aromatic carbocycles. The molecule has 0 N–H and O–H groups in total. The van der Waals surface area contributed by atoms with Crippen molar-refractivity contribution in [2.24, 2.45) is 0 Å². The van der Waals surface area contributed by atoms with E-state index in [0.717, 1.165) is 62.9 Å². The molecule has 2 fully saturated rings. The number of piperazine rings is 1. The molecule has 0 bridgehead atoms. The number of carbonyl (C=O) groups excluding carboxylic acids is 1. The van der Waals surface area contributed by atoms with Crippen molar-refractivity contribution in [2.45, 2.75) is 51.1 Å². The molecule has 5 heteroatoms. The average molecular weight is 436 g/mol. The lowest BCUT2D eigenvalue weighted by Crippen LogP contribution is -2.54. The SMILES string of the molecule is O=C(CN1CCc2cc(-c3cccc(F)c3)ccc2C1)N1CCN(C2CCCCC2)CC1. The molecule has 5 rings (SSSR count). The van der Waals surface area contributed by atoms with Crippen LogP contribution in [0.15, 0.2) is 42.5 Å². The first-order chi connectivity index (χ1) is 15.7. The highest BCUT2D eigenvalue weighted by atomic mass is 19.1. The van der Waals surface area contributed by atoms with E-state index in [1.165, 1.54) is 49.3 Å². The van der Waals surface area contributed by atoms with Gasteiger partial charge in [-0.2, -0.15) is 0 Å². The normalized spacial score (nSPS) is 20.8. The van der Waals surface area contributed by atoms with Gasteiger partial charge in [0.25, 0.3) is 0 Å². The molecule has 0 radical (unpaired) electrons. The van der Waals surface area contributed by atoms with Crippen LogP contribution in [0, 0.1) is 5.82 Å². The molecule has 1 amide bonds. The Morgan fingerprint density at radius 1 is 0.875 bits per heavy atom. The molecule has 0 atom stereocenters. The first-order valence-electron chi connectivity index (χ1n) is 12.3. The van der Waals surface area contributed by atoms with E-state index in [1.807, 2.05) is 6.07 Å². The van der Waals surface area contributed by atoms with Crippen molar-refractivity contribution in [3.05, 3.63) is 59.4 Å². The van der Waals surface area contributed by atoms with Crippen LogP contribution in [0.4, 0.5) is 4.39 Å². The zero-order valence-electron chi connectivity index (χ0n) is 18.9. The fourth-order valence-electron chi connectivity index (χ4n) is 5.67. The zero-order valence-corrected chi connectivity index (χ0v) is 18.9. The molecule has 2 aliphatic heterocycles. The summed E-state index contributed by atoms with van der Waals surface area (Å²) in [6.07, 6.45) is 7.72. The molecule has 4 nitrogen and oxygen atoms in total. The molecule has 2 heterocycles. The second-order valence-corrected chi connectivity index (χ2v) is 9.66. The predicted octanol–water partition coefficient (Wildman–Crippen LogP) is 4.33. The highest BCUT2D eigenvalue weighted by molar-refractivity contribution is 5.78. The summed E-state index contributed by atoms with van der Waals surface area (Å²) in [6, 6.07) is 13.9. The maximum Gasteiger partial charge on any atom is 0.236 e. The highest BCUT2D eigenvalue weighted by Gasteiger charge is 2.28. The van der Waals surface area contributed by atoms with Crippen LogP contribution in [0.3, 0.4) is 0 Å². The number of fused-ring (bicyclic) bond motifs is 1. The van der Waals surface area contributed by atoms with Crippen molar-refractivity contribution in [3.8, 4) is 11.1 Å². The minimum atomic E-state index is -0.204. The Morgan fingerprint density at radius 2 is 1.66 bits per heavy atom. The fourth-order valence-corrected chi connectivity index (χ4v) is 5.67. The molecule has 0 spiro atoms. The molecule has 3 aliphatic rings. The molecule has 2 aromatic rings. The Hall–Kier alpha value is -2.24. The third kappa shape index (κ3) is 4.89. The summed E-state index contributed by atoms with van der Waals surface area (Å²) < 4.78 is 13.6. The van der Waals surface area contributed by atoms with E-state index in [1.54, 1.807) is 12.1 Å². The predicted molar refractivity (Wildman–Crippen MR) is 126 cm³/mol. The van der Waals surface area contributed by atoms with Gasteiger partial charge in [0.1, 0.15) is 5.82 Å². The lowest BCUT2D eigenvalue weighted by atomic mass is 9.94. The maximum atomic E-state index is 13.6. The molecular weight excluding hydrogens is 401 g/mol. The minimum absolute atomic E-state index is 0.204. The largest absolute Gasteiger partial charge is 0.339 e. The Bertz CT molecular complexity index is 948. The highest BCUT2D eigenvalue weighted by Crippen LogP contribution is 2.27. The van der Waals surface area contributed by atoms with Gasteiger partial charge in [-0.25, -0.2) is 4.39 Å². The Morgan fingerprint density at radius 3 is 2.44 bits per heavy atom. The number of nitrogens with zero attached hydrogens (tertiary/aromatic N) is 3. The molecule has 170 valence electrons. The average Bonchev–Trinajstić information content (AvgIpc) is 2.84. The van der Waals surface area contributed by atoms with Crippen molar-refractivity contribution in [1.29, 1.82) is 0 Å². The van der Waals surface area contributed by atoms with E-state index >= 15 is 0 Å². The summed E-state index contributed by atoms with van der Waals surface area (Å²) in [5.74, 6) is 0.0672. The standard InChI is InChI=1S/C27H34FN3O/c28-25-6-4-5-21(18-25)22-9-10-24-19-29(12-11-23(24)17-22)20-27(32)31-15-13-30(14-16-31)26-7-2-1-3-8-26/h4-6,9-10,17-18,26H,1-3,7-8,11-16,19-20H2. The number of halogens is 1. The Labute approximate surface area is 191 Å². The second-order valence-electron chi connectivity index (χ2n) is 9.66. The summed E-state index contributed by atoms with van der Waals surface area (Å²) in [6.45, 7) is 6.02. The van der Waals surface area contributed by atoms with E-state index in [4.69, 9.17) is 0 Å². The van der Waals surface area contributed by atoms with Crippen LogP contribution in [0.5, 0.6) is 0 Å². The Balaban J connectivity index is 1.15. The van der Waals surface area contributed by atoms with Gasteiger partial charge in [-0.05, 0) is 53.6 Å². The number of rotatable bonds is 4. The number of hydrogen-bond donors (Lipinski definition) is 0. The van der Waals surface area contributed by atoms with Crippen LogP contribution < -0.4 is 0 Å². The van der Waals surface area contributed by atoms with Crippen molar-refractivity contribution in [3.63, 3.8) is 0 Å². The molecule has 0 aromatic heterocycles. The van der Waals surface area contributed by atoms with Gasteiger partial charge in [0.2, 0.25) is 5.91 Å². The summed E-state index contributed by atoms with van der Waals surface area (Å²) in [7, 11) is 0. The van der Waals surface area contributed by atoms with Crippen molar-refractivity contribution in [1.82, 2.24) is 14.7 Å². The summed E-state index contributed by atoms with van der Waals surface area (Å²) in [5.41, 5.74) is 4.57. The molecule has 1 saturated heterocycles. The first kappa shape index (κ1) is 21.6. The van der Waals surface area contributed by atoms with Gasteiger partial charge in [-0.15, -0.1) is 0 Å². The van der Waals surface area contributed by atoms with E-state index in [-0.39, 0.29) is 11.7 Å². The van der Waals surface area contributed by atoms with Crippen LogP contribution in [-0.2, 0) is 17.8 Å². The molecular formula is C27H34FN3O. The van der Waals surface area contributed by atoms with Crippen LogP contribution in [0.25, 0.3) is 11.1 Å². The fraction of sp³-hybridized carbons (Fsp3) is 0.519. The quantitative estimate of drug-likeness (QED) is 0.715. The number of hydrogen-bond acceptors (Lipinski definition) is 3. The van der Waals surface area contributed by atoms with Gasteiger partial charge in [0.15, 0.2) is 0 Å². The van der Waals surface area contributed by atoms with Gasteiger partial charge < -0.3 is 4.90 Å². The van der Waals surface area contributed by atoms with Gasteiger partial charge in [0, 0.05) is 45.3 Å². The van der Waals surface area contributed by atoms with Crippen LogP contribution in [0.2, 0.25) is 0 Å². The van der Waals surface area contributed by atoms with Crippen LogP contribution in [0.1, 0.15) is 43.2 Å². The van der Waals surface area contributed by atoms with Crippen LogP contribution in [-0.4, -0.2) is 65.9 Å². The topological polar surface area (TPSA) is 26.8 Å². The lowest BCUT2D eigenvalue weighted by molar-refractivity contribution is -0.134. The summed E-state index contributed by atoms with van der Waals surface area (Å²) in [4.78, 5) is 19.9. The minimum Gasteiger partial charge on any atom is -0.339 e. The first-order valence-corrected chi connectivity index (χ1v) is 12.3. The van der Waals surface area contributed by atoms with E-state index in [9.17, 15) is 9.18 Å². The molecule has 0 unspecified atom stereocenters. The second kappa shape index (κ2) is 9.72. The van der Waals surface area contributed by atoms with Crippen LogP contribution >= 0.6 is 0 Å². The monoisotopic (exact) mass is 435 g/mol. The molecule has 1 aliphatic carbocycles. The summed E-state index contributed by atoms with van der Waals surface area (Å²) in [5, 5.41) is 0. The van der Waals surface area contributed by atoms with Gasteiger partial charge in [0.05, 0.1) is 6.54 Å². The van der Waals surface area contributed by atoms with Gasteiger partial charge in [-0.1, -0.05) is 49.6 Å². The maximum absolute atomic E-state index is 13.6. The molecule has 32 heavy (non-hydrogen) atoms. The van der Waals surface area contributed by atoms with Crippen molar-refractivity contribution >= 4 is 5.91 Å². The van der Waals surface area contributed by atoms with Gasteiger partial charge in [-0.3, -0.25) is 14.6 Å². The smallest absolute Gasteiger partial charge is 0.236 e. The Kier molecular flexibility index (Phi) is 6.56. The van der Waals surface area contributed by atoms with Gasteiger partial charge >= 0.3 is 0 Å². The number of benzene rings is 2. The summed E-state index contributed by atoms with van der Waals surface area (Å²) >= 11 is 0. The lowest BCUT2D eigenvalue weighted by Gasteiger charge is -2.41. The zero-order chi connectivity index (χ0) is 21.9.